The van der Waals surface area contributed by atoms with E-state index in [0.717, 1.165) is 22.7 Å². The molecule has 0 saturated heterocycles. The van der Waals surface area contributed by atoms with Crippen LogP contribution in [0.4, 0.5) is 5.69 Å². The lowest BCUT2D eigenvalue weighted by Gasteiger charge is -2.07. The number of amides is 1. The van der Waals surface area contributed by atoms with Crippen LogP contribution in [0.25, 0.3) is 6.08 Å². The molecule has 3 rings (SSSR count). The molecule has 0 spiro atoms. The van der Waals surface area contributed by atoms with Crippen LogP contribution < -0.4 is 10.1 Å². The number of carbonyl (C=O) groups is 1. The van der Waals surface area contributed by atoms with Gasteiger partial charge in [-0.15, -0.1) is 0 Å². The molecule has 26 heavy (non-hydrogen) atoms. The Labute approximate surface area is 152 Å². The van der Waals surface area contributed by atoms with Crippen molar-refractivity contribution >= 4 is 17.7 Å². The van der Waals surface area contributed by atoms with Crippen molar-refractivity contribution in [2.24, 2.45) is 7.05 Å². The monoisotopic (exact) mass is 347 g/mol. The third kappa shape index (κ3) is 4.19. The van der Waals surface area contributed by atoms with Crippen LogP contribution in [-0.4, -0.2) is 15.7 Å². The number of nitrogens with zero attached hydrogens (tertiary/aromatic N) is 2. The Morgan fingerprint density at radius 2 is 1.69 bits per heavy atom. The Balaban J connectivity index is 1.61. The van der Waals surface area contributed by atoms with Gasteiger partial charge < -0.3 is 10.1 Å². The van der Waals surface area contributed by atoms with Crippen LogP contribution in [0.15, 0.2) is 60.7 Å². The number of para-hydroxylation sites is 1. The fraction of sp³-hybridized carbons (Fsp3) is 0.143. The Morgan fingerprint density at radius 3 is 2.31 bits per heavy atom. The van der Waals surface area contributed by atoms with Crippen LogP contribution in [0.1, 0.15) is 17.0 Å². The maximum Gasteiger partial charge on any atom is 0.248 e. The van der Waals surface area contributed by atoms with Crippen molar-refractivity contribution in [1.82, 2.24) is 9.78 Å². The molecule has 1 N–H and O–H groups in total. The minimum Gasteiger partial charge on any atom is -0.457 e. The summed E-state index contributed by atoms with van der Waals surface area (Å²) in [6.45, 7) is 3.90. The third-order valence-corrected chi connectivity index (χ3v) is 4.07. The standard InChI is InChI=1S/C21H21N3O2/c1-15-20(16(2)24(3)23-15)13-14-21(25)22-17-9-11-19(12-10-17)26-18-7-5-4-6-8-18/h4-14H,1-3H3,(H,22,25)/b14-13+. The lowest BCUT2D eigenvalue weighted by Crippen LogP contribution is -2.07. The highest BCUT2D eigenvalue weighted by Crippen LogP contribution is 2.22. The number of ether oxygens (including phenoxy) is 1. The van der Waals surface area contributed by atoms with Gasteiger partial charge in [0.15, 0.2) is 0 Å². The summed E-state index contributed by atoms with van der Waals surface area (Å²) in [7, 11) is 1.89. The van der Waals surface area contributed by atoms with Crippen LogP contribution in [0.5, 0.6) is 11.5 Å². The molecule has 1 aromatic heterocycles. The van der Waals surface area contributed by atoms with Gasteiger partial charge in [-0.1, -0.05) is 18.2 Å². The molecule has 0 bridgehead atoms. The van der Waals surface area contributed by atoms with E-state index in [2.05, 4.69) is 10.4 Å². The fourth-order valence-electron chi connectivity index (χ4n) is 2.61. The molecule has 0 aliphatic carbocycles. The first-order valence-electron chi connectivity index (χ1n) is 8.35. The predicted octanol–water partition coefficient (Wildman–Crippen LogP) is 4.48. The lowest BCUT2D eigenvalue weighted by molar-refractivity contribution is -0.111. The SMILES string of the molecule is Cc1nn(C)c(C)c1/C=C/C(=O)Nc1ccc(Oc2ccccc2)cc1. The molecule has 0 radical (unpaired) electrons. The zero-order valence-electron chi connectivity index (χ0n) is 15.1. The van der Waals surface area contributed by atoms with E-state index >= 15 is 0 Å². The summed E-state index contributed by atoms with van der Waals surface area (Å²) < 4.78 is 7.54. The van der Waals surface area contributed by atoms with E-state index in [1.807, 2.05) is 75.5 Å². The molecule has 2 aromatic carbocycles. The van der Waals surface area contributed by atoms with Gasteiger partial charge in [0.1, 0.15) is 11.5 Å². The Bertz CT molecular complexity index is 926. The summed E-state index contributed by atoms with van der Waals surface area (Å²) in [6.07, 6.45) is 3.31. The van der Waals surface area contributed by atoms with Gasteiger partial charge in [0.2, 0.25) is 5.91 Å². The molecule has 5 nitrogen and oxygen atoms in total. The summed E-state index contributed by atoms with van der Waals surface area (Å²) in [5.74, 6) is 1.30. The topological polar surface area (TPSA) is 56.2 Å². The van der Waals surface area contributed by atoms with E-state index in [4.69, 9.17) is 4.74 Å². The summed E-state index contributed by atoms with van der Waals surface area (Å²) >= 11 is 0. The second-order valence-electron chi connectivity index (χ2n) is 5.97. The van der Waals surface area contributed by atoms with Crippen molar-refractivity contribution in [3.05, 3.63) is 77.6 Å². The predicted molar refractivity (Wildman–Crippen MR) is 103 cm³/mol. The van der Waals surface area contributed by atoms with E-state index in [1.54, 1.807) is 10.8 Å². The smallest absolute Gasteiger partial charge is 0.248 e. The van der Waals surface area contributed by atoms with Gasteiger partial charge in [-0.05, 0) is 56.3 Å². The van der Waals surface area contributed by atoms with Crippen molar-refractivity contribution in [1.29, 1.82) is 0 Å². The molecule has 0 unspecified atom stereocenters. The summed E-state index contributed by atoms with van der Waals surface area (Å²) in [4.78, 5) is 12.1. The van der Waals surface area contributed by atoms with E-state index in [1.165, 1.54) is 6.08 Å². The minimum atomic E-state index is -0.190. The van der Waals surface area contributed by atoms with Crippen LogP contribution in [0, 0.1) is 13.8 Å². The van der Waals surface area contributed by atoms with E-state index in [0.29, 0.717) is 11.4 Å². The molecule has 1 heterocycles. The largest absolute Gasteiger partial charge is 0.457 e. The highest BCUT2D eigenvalue weighted by Gasteiger charge is 2.06. The number of nitrogens with one attached hydrogen (secondary N) is 1. The summed E-state index contributed by atoms with van der Waals surface area (Å²) in [5, 5.41) is 7.18. The average molecular weight is 347 g/mol. The molecule has 0 atom stereocenters. The first kappa shape index (κ1) is 17.5. The Kier molecular flexibility index (Phi) is 5.17. The molecule has 0 aliphatic rings. The van der Waals surface area contributed by atoms with Crippen molar-refractivity contribution in [3.8, 4) is 11.5 Å². The zero-order valence-corrected chi connectivity index (χ0v) is 15.1. The summed E-state index contributed by atoms with van der Waals surface area (Å²) in [5.41, 5.74) is 3.60. The molecular formula is C21H21N3O2. The van der Waals surface area contributed by atoms with E-state index < -0.39 is 0 Å². The molecule has 0 fully saturated rings. The maximum absolute atomic E-state index is 12.1. The van der Waals surface area contributed by atoms with Crippen LogP contribution >= 0.6 is 0 Å². The third-order valence-electron chi connectivity index (χ3n) is 4.07. The summed E-state index contributed by atoms with van der Waals surface area (Å²) in [6, 6.07) is 16.8. The van der Waals surface area contributed by atoms with E-state index in [9.17, 15) is 4.79 Å². The number of anilines is 1. The molecule has 0 aliphatic heterocycles. The molecular weight excluding hydrogens is 326 g/mol. The Morgan fingerprint density at radius 1 is 1.04 bits per heavy atom. The lowest BCUT2D eigenvalue weighted by atomic mass is 10.2. The molecule has 5 heteroatoms. The number of benzene rings is 2. The van der Waals surface area contributed by atoms with E-state index in [-0.39, 0.29) is 5.91 Å². The second kappa shape index (κ2) is 7.70. The average Bonchev–Trinajstić information content (AvgIpc) is 2.88. The van der Waals surface area contributed by atoms with Crippen molar-refractivity contribution < 1.29 is 9.53 Å². The number of carbonyl (C=O) groups excluding carboxylic acids is 1. The number of hydrogen-bond acceptors (Lipinski definition) is 3. The first-order chi connectivity index (χ1) is 12.5. The molecule has 0 saturated carbocycles. The van der Waals surface area contributed by atoms with Gasteiger partial charge in [0, 0.05) is 30.1 Å². The van der Waals surface area contributed by atoms with Gasteiger partial charge in [0.05, 0.1) is 5.69 Å². The molecule has 132 valence electrons. The maximum atomic E-state index is 12.1. The highest BCUT2D eigenvalue weighted by atomic mass is 16.5. The van der Waals surface area contributed by atoms with Crippen LogP contribution in [-0.2, 0) is 11.8 Å². The highest BCUT2D eigenvalue weighted by molar-refractivity contribution is 6.02. The van der Waals surface area contributed by atoms with Crippen molar-refractivity contribution in [2.75, 3.05) is 5.32 Å². The van der Waals surface area contributed by atoms with Crippen molar-refractivity contribution in [3.63, 3.8) is 0 Å². The first-order valence-corrected chi connectivity index (χ1v) is 8.35. The quantitative estimate of drug-likeness (QED) is 0.692. The van der Waals surface area contributed by atoms with Gasteiger partial charge >= 0.3 is 0 Å². The molecule has 3 aromatic rings. The van der Waals surface area contributed by atoms with Crippen LogP contribution in [0.3, 0.4) is 0 Å². The van der Waals surface area contributed by atoms with Crippen molar-refractivity contribution in [2.45, 2.75) is 13.8 Å². The number of aromatic nitrogens is 2. The fourth-order valence-corrected chi connectivity index (χ4v) is 2.61. The minimum absolute atomic E-state index is 0.190. The number of aryl methyl sites for hydroxylation is 2. The molecule has 1 amide bonds. The van der Waals surface area contributed by atoms with Crippen LogP contribution in [0.2, 0.25) is 0 Å². The normalized spacial score (nSPS) is 10.9. The second-order valence-corrected chi connectivity index (χ2v) is 5.97. The number of rotatable bonds is 5. The van der Waals surface area contributed by atoms with Gasteiger partial charge in [0.25, 0.3) is 0 Å². The van der Waals surface area contributed by atoms with Gasteiger partial charge in [-0.25, -0.2) is 0 Å². The Hall–Kier alpha value is -3.34. The van der Waals surface area contributed by atoms with Gasteiger partial charge in [-0.2, -0.15) is 5.10 Å². The van der Waals surface area contributed by atoms with Gasteiger partial charge in [-0.3, -0.25) is 9.48 Å². The number of hydrogen-bond donors (Lipinski definition) is 1. The zero-order chi connectivity index (χ0) is 18.5.